The summed E-state index contributed by atoms with van der Waals surface area (Å²) < 4.78 is 5.12. The molecule has 0 atom stereocenters. The molecule has 69 valence electrons. The second kappa shape index (κ2) is 3.44. The first-order chi connectivity index (χ1) is 5.47. The number of nitrogens with one attached hydrogen (secondary N) is 1. The SMILES string of the molecule is CC(C)(C)OC(=O)[CH]C1CNC1. The molecule has 1 aliphatic heterocycles. The lowest BCUT2D eigenvalue weighted by atomic mass is 9.99. The number of carbonyl (C=O) groups excluding carboxylic acids is 1. The van der Waals surface area contributed by atoms with Crippen molar-refractivity contribution in [1.29, 1.82) is 0 Å². The molecule has 0 aromatic heterocycles. The molecule has 0 spiro atoms. The molecular formula is C9H16NO2. The third kappa shape index (κ3) is 3.22. The van der Waals surface area contributed by atoms with Crippen LogP contribution in [0, 0.1) is 12.3 Å². The number of esters is 1. The van der Waals surface area contributed by atoms with E-state index < -0.39 is 0 Å². The molecule has 0 bridgehead atoms. The van der Waals surface area contributed by atoms with Gasteiger partial charge in [-0.15, -0.1) is 0 Å². The van der Waals surface area contributed by atoms with Crippen LogP contribution >= 0.6 is 0 Å². The van der Waals surface area contributed by atoms with E-state index in [1.807, 2.05) is 20.8 Å². The average Bonchev–Trinajstić information content (AvgIpc) is 1.74. The fraction of sp³-hybridized carbons (Fsp3) is 0.778. The Morgan fingerprint density at radius 1 is 1.50 bits per heavy atom. The minimum Gasteiger partial charge on any atom is -0.460 e. The summed E-state index contributed by atoms with van der Waals surface area (Å²) in [5.41, 5.74) is -0.370. The van der Waals surface area contributed by atoms with Gasteiger partial charge in [-0.1, -0.05) is 0 Å². The number of ether oxygens (including phenoxy) is 1. The van der Waals surface area contributed by atoms with Crippen molar-refractivity contribution < 1.29 is 9.53 Å². The number of carbonyl (C=O) groups is 1. The van der Waals surface area contributed by atoms with Gasteiger partial charge in [-0.3, -0.25) is 4.79 Å². The highest BCUT2D eigenvalue weighted by Gasteiger charge is 2.24. The van der Waals surface area contributed by atoms with E-state index in [4.69, 9.17) is 4.74 Å². The van der Waals surface area contributed by atoms with E-state index in [0.29, 0.717) is 5.92 Å². The van der Waals surface area contributed by atoms with Crippen LogP contribution in [0.2, 0.25) is 0 Å². The van der Waals surface area contributed by atoms with Crippen molar-refractivity contribution in [3.8, 4) is 0 Å². The molecule has 1 heterocycles. The van der Waals surface area contributed by atoms with E-state index in [2.05, 4.69) is 5.32 Å². The zero-order chi connectivity index (χ0) is 9.19. The molecule has 1 rings (SSSR count). The molecule has 12 heavy (non-hydrogen) atoms. The highest BCUT2D eigenvalue weighted by Crippen LogP contribution is 2.13. The maximum atomic E-state index is 11.2. The van der Waals surface area contributed by atoms with Gasteiger partial charge in [0.1, 0.15) is 5.60 Å². The molecule has 0 aliphatic carbocycles. The highest BCUT2D eigenvalue weighted by atomic mass is 16.6. The summed E-state index contributed by atoms with van der Waals surface area (Å²) in [5.74, 6) is 0.175. The zero-order valence-corrected chi connectivity index (χ0v) is 7.89. The topological polar surface area (TPSA) is 38.3 Å². The molecular weight excluding hydrogens is 154 g/mol. The van der Waals surface area contributed by atoms with E-state index in [-0.39, 0.29) is 11.6 Å². The van der Waals surface area contributed by atoms with E-state index in [1.54, 1.807) is 6.42 Å². The van der Waals surface area contributed by atoms with Gasteiger partial charge in [0.2, 0.25) is 0 Å². The van der Waals surface area contributed by atoms with Crippen LogP contribution in [-0.2, 0) is 9.53 Å². The van der Waals surface area contributed by atoms with Crippen molar-refractivity contribution in [2.24, 2.45) is 5.92 Å². The van der Waals surface area contributed by atoms with Crippen LogP contribution in [-0.4, -0.2) is 24.7 Å². The largest absolute Gasteiger partial charge is 0.460 e. The van der Waals surface area contributed by atoms with Gasteiger partial charge in [-0.05, 0) is 26.7 Å². The first-order valence-corrected chi connectivity index (χ1v) is 4.26. The Labute approximate surface area is 73.5 Å². The lowest BCUT2D eigenvalue weighted by Gasteiger charge is -2.27. The standard InChI is InChI=1S/C9H16NO2/c1-9(2,3)12-8(11)4-7-5-10-6-7/h4,7,10H,5-6H2,1-3H3. The lowest BCUT2D eigenvalue weighted by molar-refractivity contribution is -0.151. The summed E-state index contributed by atoms with van der Waals surface area (Å²) in [4.78, 5) is 11.2. The van der Waals surface area contributed by atoms with Gasteiger partial charge < -0.3 is 10.1 Å². The van der Waals surface area contributed by atoms with Gasteiger partial charge in [0.25, 0.3) is 0 Å². The Hall–Kier alpha value is -0.570. The van der Waals surface area contributed by atoms with Gasteiger partial charge in [-0.25, -0.2) is 0 Å². The molecule has 3 nitrogen and oxygen atoms in total. The van der Waals surface area contributed by atoms with Crippen LogP contribution in [0.3, 0.4) is 0 Å². The Morgan fingerprint density at radius 3 is 2.42 bits per heavy atom. The van der Waals surface area contributed by atoms with Crippen LogP contribution < -0.4 is 5.32 Å². The molecule has 1 saturated heterocycles. The Bertz CT molecular complexity index is 168. The van der Waals surface area contributed by atoms with E-state index in [1.165, 1.54) is 0 Å². The predicted octanol–water partition coefficient (Wildman–Crippen LogP) is 0.752. The first kappa shape index (κ1) is 9.52. The van der Waals surface area contributed by atoms with Crippen LogP contribution in [0.5, 0.6) is 0 Å². The molecule has 1 radical (unpaired) electrons. The zero-order valence-electron chi connectivity index (χ0n) is 7.89. The van der Waals surface area contributed by atoms with E-state index in [0.717, 1.165) is 13.1 Å². The minimum atomic E-state index is -0.370. The Balaban J connectivity index is 2.19. The molecule has 1 N–H and O–H groups in total. The van der Waals surface area contributed by atoms with Gasteiger partial charge in [0.15, 0.2) is 0 Å². The third-order valence-corrected chi connectivity index (χ3v) is 1.59. The van der Waals surface area contributed by atoms with Crippen molar-refractivity contribution in [3.63, 3.8) is 0 Å². The quantitative estimate of drug-likeness (QED) is 0.621. The lowest BCUT2D eigenvalue weighted by Crippen LogP contribution is -2.44. The summed E-state index contributed by atoms with van der Waals surface area (Å²) in [6, 6.07) is 0. The predicted molar refractivity (Wildman–Crippen MR) is 46.5 cm³/mol. The number of rotatable bonds is 2. The Kier molecular flexibility index (Phi) is 2.73. The maximum Gasteiger partial charge on any atom is 0.310 e. The summed E-state index contributed by atoms with van der Waals surface area (Å²) in [5, 5.41) is 3.09. The van der Waals surface area contributed by atoms with E-state index in [9.17, 15) is 4.79 Å². The van der Waals surface area contributed by atoms with E-state index >= 15 is 0 Å². The van der Waals surface area contributed by atoms with Gasteiger partial charge in [-0.2, -0.15) is 0 Å². The first-order valence-electron chi connectivity index (χ1n) is 4.26. The Morgan fingerprint density at radius 2 is 2.08 bits per heavy atom. The molecule has 0 unspecified atom stereocenters. The highest BCUT2D eigenvalue weighted by molar-refractivity contribution is 5.79. The molecule has 3 heteroatoms. The summed E-state index contributed by atoms with van der Waals surface area (Å²) in [7, 11) is 0. The molecule has 0 aromatic carbocycles. The van der Waals surface area contributed by atoms with Crippen LogP contribution in [0.15, 0.2) is 0 Å². The smallest absolute Gasteiger partial charge is 0.310 e. The van der Waals surface area contributed by atoms with Crippen LogP contribution in [0.1, 0.15) is 20.8 Å². The fourth-order valence-electron chi connectivity index (χ4n) is 0.957. The molecule has 0 aromatic rings. The van der Waals surface area contributed by atoms with Crippen molar-refractivity contribution in [2.45, 2.75) is 26.4 Å². The third-order valence-electron chi connectivity index (χ3n) is 1.59. The van der Waals surface area contributed by atoms with Gasteiger partial charge >= 0.3 is 5.97 Å². The molecule has 0 saturated carbocycles. The monoisotopic (exact) mass is 170 g/mol. The van der Waals surface area contributed by atoms with Crippen molar-refractivity contribution >= 4 is 5.97 Å². The second-order valence-electron chi connectivity index (χ2n) is 4.12. The van der Waals surface area contributed by atoms with Crippen LogP contribution in [0.4, 0.5) is 0 Å². The normalized spacial score (nSPS) is 18.6. The minimum absolute atomic E-state index is 0.200. The summed E-state index contributed by atoms with van der Waals surface area (Å²) >= 11 is 0. The second-order valence-corrected chi connectivity index (χ2v) is 4.12. The fourth-order valence-corrected chi connectivity index (χ4v) is 0.957. The maximum absolute atomic E-state index is 11.2. The van der Waals surface area contributed by atoms with Crippen LogP contribution in [0.25, 0.3) is 0 Å². The van der Waals surface area contributed by atoms with Crippen molar-refractivity contribution in [2.75, 3.05) is 13.1 Å². The molecule has 0 amide bonds. The number of hydrogen-bond donors (Lipinski definition) is 1. The molecule has 1 fully saturated rings. The van der Waals surface area contributed by atoms with Gasteiger partial charge in [0, 0.05) is 13.1 Å². The van der Waals surface area contributed by atoms with Crippen molar-refractivity contribution in [3.05, 3.63) is 6.42 Å². The number of hydrogen-bond acceptors (Lipinski definition) is 3. The van der Waals surface area contributed by atoms with Gasteiger partial charge in [0.05, 0.1) is 6.42 Å². The molecule has 1 aliphatic rings. The van der Waals surface area contributed by atoms with Crippen molar-refractivity contribution in [1.82, 2.24) is 5.32 Å². The summed E-state index contributed by atoms with van der Waals surface area (Å²) in [6.45, 7) is 7.42. The average molecular weight is 170 g/mol. The summed E-state index contributed by atoms with van der Waals surface area (Å²) in [6.07, 6.45) is 1.65.